The Morgan fingerprint density at radius 2 is 1.63 bits per heavy atom. The van der Waals surface area contributed by atoms with Crippen molar-refractivity contribution >= 4 is 22.5 Å². The van der Waals surface area contributed by atoms with Crippen molar-refractivity contribution < 1.29 is 4.79 Å². The Kier molecular flexibility index (Phi) is 4.44. The van der Waals surface area contributed by atoms with Crippen LogP contribution in [0.5, 0.6) is 0 Å². The SMILES string of the molecule is CC1(C)Cc2c(n(-c3ccccc3NC(=O)c3ccccc3)c3ccccc23)CN1. The van der Waals surface area contributed by atoms with E-state index in [4.69, 9.17) is 0 Å². The highest BCUT2D eigenvalue weighted by Gasteiger charge is 2.30. The number of hydrogen-bond donors (Lipinski definition) is 2. The molecule has 3 aromatic carbocycles. The number of carbonyl (C=O) groups excluding carboxylic acids is 1. The molecule has 0 spiro atoms. The van der Waals surface area contributed by atoms with Crippen LogP contribution in [-0.4, -0.2) is 16.0 Å². The molecule has 0 saturated heterocycles. The van der Waals surface area contributed by atoms with Crippen LogP contribution < -0.4 is 10.6 Å². The molecular formula is C26H25N3O. The lowest BCUT2D eigenvalue weighted by atomic mass is 9.89. The quantitative estimate of drug-likeness (QED) is 0.494. The minimum atomic E-state index is -0.104. The topological polar surface area (TPSA) is 46.1 Å². The van der Waals surface area contributed by atoms with Gasteiger partial charge < -0.3 is 15.2 Å². The van der Waals surface area contributed by atoms with Crippen molar-refractivity contribution in [2.75, 3.05) is 5.32 Å². The lowest BCUT2D eigenvalue weighted by molar-refractivity contribution is 0.102. The summed E-state index contributed by atoms with van der Waals surface area (Å²) in [4.78, 5) is 12.8. The van der Waals surface area contributed by atoms with E-state index in [1.54, 1.807) is 0 Å². The Balaban J connectivity index is 1.65. The van der Waals surface area contributed by atoms with Crippen LogP contribution in [0, 0.1) is 0 Å². The molecule has 4 heteroatoms. The van der Waals surface area contributed by atoms with E-state index in [0.29, 0.717) is 5.56 Å². The summed E-state index contributed by atoms with van der Waals surface area (Å²) in [6.07, 6.45) is 0.967. The second-order valence-corrected chi connectivity index (χ2v) is 8.53. The van der Waals surface area contributed by atoms with E-state index < -0.39 is 0 Å². The van der Waals surface area contributed by atoms with Crippen molar-refractivity contribution in [3.63, 3.8) is 0 Å². The van der Waals surface area contributed by atoms with Crippen LogP contribution >= 0.6 is 0 Å². The second kappa shape index (κ2) is 7.15. The largest absolute Gasteiger partial charge is 0.320 e. The Morgan fingerprint density at radius 1 is 0.933 bits per heavy atom. The molecule has 0 saturated carbocycles. The second-order valence-electron chi connectivity index (χ2n) is 8.53. The van der Waals surface area contributed by atoms with Gasteiger partial charge in [0.2, 0.25) is 0 Å². The third-order valence-electron chi connectivity index (χ3n) is 5.87. The van der Waals surface area contributed by atoms with E-state index in [9.17, 15) is 4.79 Å². The molecule has 4 aromatic rings. The normalized spacial score (nSPS) is 15.0. The predicted molar refractivity (Wildman–Crippen MR) is 122 cm³/mol. The van der Waals surface area contributed by atoms with Gasteiger partial charge in [-0.25, -0.2) is 0 Å². The van der Waals surface area contributed by atoms with Gasteiger partial charge in [0.15, 0.2) is 0 Å². The summed E-state index contributed by atoms with van der Waals surface area (Å²) in [5, 5.41) is 8.07. The monoisotopic (exact) mass is 395 g/mol. The number of nitrogens with zero attached hydrogens (tertiary/aromatic N) is 1. The third kappa shape index (κ3) is 3.19. The summed E-state index contributed by atoms with van der Waals surface area (Å²) in [7, 11) is 0. The summed E-state index contributed by atoms with van der Waals surface area (Å²) in [6, 6.07) is 25.9. The number of benzene rings is 3. The minimum absolute atomic E-state index is 0.0585. The molecule has 2 N–H and O–H groups in total. The van der Waals surface area contributed by atoms with Crippen molar-refractivity contribution in [2.45, 2.75) is 32.4 Å². The average Bonchev–Trinajstić information content (AvgIpc) is 3.07. The Labute approximate surface area is 176 Å². The number of amides is 1. The highest BCUT2D eigenvalue weighted by Crippen LogP contribution is 2.36. The molecule has 2 heterocycles. The molecular weight excluding hydrogens is 370 g/mol. The van der Waals surface area contributed by atoms with Crippen molar-refractivity contribution in [1.82, 2.24) is 9.88 Å². The van der Waals surface area contributed by atoms with Gasteiger partial charge in [-0.05, 0) is 56.2 Å². The molecule has 4 nitrogen and oxygen atoms in total. The molecule has 5 rings (SSSR count). The van der Waals surface area contributed by atoms with Gasteiger partial charge in [-0.3, -0.25) is 4.79 Å². The Morgan fingerprint density at radius 3 is 2.47 bits per heavy atom. The number of aromatic nitrogens is 1. The van der Waals surface area contributed by atoms with Gasteiger partial charge in [-0.1, -0.05) is 48.5 Å². The smallest absolute Gasteiger partial charge is 0.255 e. The van der Waals surface area contributed by atoms with Gasteiger partial charge in [-0.15, -0.1) is 0 Å². The molecule has 1 aromatic heterocycles. The molecule has 0 radical (unpaired) electrons. The number of fused-ring (bicyclic) bond motifs is 3. The number of carbonyl (C=O) groups is 1. The number of rotatable bonds is 3. The van der Waals surface area contributed by atoms with Crippen LogP contribution in [0.1, 0.15) is 35.5 Å². The first-order valence-electron chi connectivity index (χ1n) is 10.4. The standard InChI is InChI=1S/C26H25N3O/c1-26(2)16-20-19-12-6-8-14-22(19)29(24(20)17-27-26)23-15-9-7-13-21(23)28-25(30)18-10-4-3-5-11-18/h3-15,27H,16-17H2,1-2H3,(H,28,30). The highest BCUT2D eigenvalue weighted by atomic mass is 16.1. The zero-order valence-corrected chi connectivity index (χ0v) is 17.3. The molecule has 0 atom stereocenters. The summed E-state index contributed by atoms with van der Waals surface area (Å²) in [5.41, 5.74) is 6.32. The van der Waals surface area contributed by atoms with Gasteiger partial charge in [0, 0.05) is 28.7 Å². The van der Waals surface area contributed by atoms with E-state index in [1.807, 2.05) is 48.5 Å². The third-order valence-corrected chi connectivity index (χ3v) is 5.87. The van der Waals surface area contributed by atoms with E-state index in [2.05, 4.69) is 59.4 Å². The average molecular weight is 396 g/mol. The lowest BCUT2D eigenvalue weighted by Gasteiger charge is -2.32. The molecule has 0 unspecified atom stereocenters. The van der Waals surface area contributed by atoms with Gasteiger partial charge in [0.05, 0.1) is 16.9 Å². The molecule has 0 aliphatic carbocycles. The fourth-order valence-electron chi connectivity index (χ4n) is 4.40. The zero-order chi connectivity index (χ0) is 20.7. The minimum Gasteiger partial charge on any atom is -0.320 e. The number of para-hydroxylation sites is 3. The van der Waals surface area contributed by atoms with Crippen molar-refractivity contribution in [3.8, 4) is 5.69 Å². The van der Waals surface area contributed by atoms with Crippen molar-refractivity contribution in [2.24, 2.45) is 0 Å². The fraction of sp³-hybridized carbons (Fsp3) is 0.192. The van der Waals surface area contributed by atoms with Crippen molar-refractivity contribution in [3.05, 3.63) is 95.7 Å². The zero-order valence-electron chi connectivity index (χ0n) is 17.3. The first-order chi connectivity index (χ1) is 14.5. The maximum atomic E-state index is 12.8. The fourth-order valence-corrected chi connectivity index (χ4v) is 4.40. The first-order valence-corrected chi connectivity index (χ1v) is 10.4. The molecule has 0 fully saturated rings. The molecule has 0 bridgehead atoms. The van der Waals surface area contributed by atoms with Crippen LogP contribution in [0.15, 0.2) is 78.9 Å². The van der Waals surface area contributed by atoms with E-state index in [-0.39, 0.29) is 11.4 Å². The molecule has 1 amide bonds. The maximum Gasteiger partial charge on any atom is 0.255 e. The van der Waals surface area contributed by atoms with Crippen LogP contribution in [0.2, 0.25) is 0 Å². The predicted octanol–water partition coefficient (Wildman–Crippen LogP) is 5.31. The molecule has 30 heavy (non-hydrogen) atoms. The molecule has 1 aliphatic heterocycles. The summed E-state index contributed by atoms with van der Waals surface area (Å²) >= 11 is 0. The van der Waals surface area contributed by atoms with Crippen LogP contribution in [-0.2, 0) is 13.0 Å². The van der Waals surface area contributed by atoms with Gasteiger partial charge in [-0.2, -0.15) is 0 Å². The van der Waals surface area contributed by atoms with Gasteiger partial charge in [0.25, 0.3) is 5.91 Å². The van der Waals surface area contributed by atoms with E-state index in [0.717, 1.165) is 24.3 Å². The van der Waals surface area contributed by atoms with Gasteiger partial charge in [0.1, 0.15) is 0 Å². The molecule has 1 aliphatic rings. The highest BCUT2D eigenvalue weighted by molar-refractivity contribution is 6.05. The van der Waals surface area contributed by atoms with E-state index >= 15 is 0 Å². The van der Waals surface area contributed by atoms with Gasteiger partial charge >= 0.3 is 0 Å². The summed E-state index contributed by atoms with van der Waals surface area (Å²) in [6.45, 7) is 5.28. The number of anilines is 1. The van der Waals surface area contributed by atoms with Crippen LogP contribution in [0.4, 0.5) is 5.69 Å². The number of hydrogen-bond acceptors (Lipinski definition) is 2. The lowest BCUT2D eigenvalue weighted by Crippen LogP contribution is -2.44. The Hall–Kier alpha value is -3.37. The Bertz CT molecular complexity index is 1240. The first kappa shape index (κ1) is 18.6. The van der Waals surface area contributed by atoms with Crippen LogP contribution in [0.25, 0.3) is 16.6 Å². The maximum absolute atomic E-state index is 12.8. The summed E-state index contributed by atoms with van der Waals surface area (Å²) < 4.78 is 2.30. The van der Waals surface area contributed by atoms with E-state index in [1.165, 1.54) is 22.2 Å². The van der Waals surface area contributed by atoms with Crippen molar-refractivity contribution in [1.29, 1.82) is 0 Å². The molecule has 150 valence electrons. The number of nitrogens with one attached hydrogen (secondary N) is 2. The van der Waals surface area contributed by atoms with Crippen LogP contribution in [0.3, 0.4) is 0 Å². The summed E-state index contributed by atoms with van der Waals surface area (Å²) in [5.74, 6) is -0.104.